The highest BCUT2D eigenvalue weighted by Gasteiger charge is 2.19. The molecule has 0 aliphatic heterocycles. The molecule has 0 aromatic rings. The second kappa shape index (κ2) is 49.3. The normalized spacial score (nSPS) is 12.2. The van der Waals surface area contributed by atoms with E-state index in [-0.39, 0.29) is 31.1 Å². The predicted molar refractivity (Wildman–Crippen MR) is 256 cm³/mol. The maximum Gasteiger partial charge on any atom is 0.306 e. The summed E-state index contributed by atoms with van der Waals surface area (Å²) >= 11 is 0. The van der Waals surface area contributed by atoms with E-state index in [9.17, 15) is 14.4 Å². The topological polar surface area (TPSA) is 78.9 Å². The van der Waals surface area contributed by atoms with E-state index < -0.39 is 6.10 Å². The Morgan fingerprint density at radius 2 is 0.617 bits per heavy atom. The molecule has 0 saturated heterocycles. The van der Waals surface area contributed by atoms with Gasteiger partial charge in [-0.25, -0.2) is 0 Å². The number of carbonyl (C=O) groups excluding carboxylic acids is 3. The van der Waals surface area contributed by atoms with Crippen molar-refractivity contribution in [3.05, 3.63) is 36.5 Å². The molecule has 0 saturated carbocycles. The summed E-state index contributed by atoms with van der Waals surface area (Å²) in [5.74, 6) is -0.891. The molecule has 350 valence electrons. The maximum atomic E-state index is 12.8. The van der Waals surface area contributed by atoms with Gasteiger partial charge >= 0.3 is 17.9 Å². The van der Waals surface area contributed by atoms with Gasteiger partial charge in [-0.05, 0) is 70.6 Å². The molecule has 6 nitrogen and oxygen atoms in total. The summed E-state index contributed by atoms with van der Waals surface area (Å²) in [5.41, 5.74) is 0. The van der Waals surface area contributed by atoms with Crippen molar-refractivity contribution in [2.45, 2.75) is 277 Å². The number of esters is 3. The molecule has 1 unspecified atom stereocenters. The van der Waals surface area contributed by atoms with Crippen molar-refractivity contribution in [2.24, 2.45) is 0 Å². The number of carbonyl (C=O) groups is 3. The van der Waals surface area contributed by atoms with Crippen molar-refractivity contribution in [3.63, 3.8) is 0 Å². The van der Waals surface area contributed by atoms with Crippen LogP contribution in [0.15, 0.2) is 36.5 Å². The van der Waals surface area contributed by atoms with Crippen LogP contribution in [0.1, 0.15) is 271 Å². The van der Waals surface area contributed by atoms with Crippen LogP contribution in [0.5, 0.6) is 0 Å². The molecule has 0 aliphatic rings. The first-order valence-corrected chi connectivity index (χ1v) is 26.0. The molecule has 0 radical (unpaired) electrons. The highest BCUT2D eigenvalue weighted by Crippen LogP contribution is 2.15. The fourth-order valence-corrected chi connectivity index (χ4v) is 7.39. The fourth-order valence-electron chi connectivity index (χ4n) is 7.39. The summed E-state index contributed by atoms with van der Waals surface area (Å²) in [4.78, 5) is 37.9. The van der Waals surface area contributed by atoms with Crippen LogP contribution in [-0.2, 0) is 28.6 Å². The van der Waals surface area contributed by atoms with Crippen molar-refractivity contribution in [1.29, 1.82) is 0 Å². The van der Waals surface area contributed by atoms with Crippen LogP contribution >= 0.6 is 0 Å². The molecule has 60 heavy (non-hydrogen) atoms. The number of allylic oxidation sites excluding steroid dienone is 6. The molecule has 0 fully saturated rings. The molecule has 0 aromatic carbocycles. The predicted octanol–water partition coefficient (Wildman–Crippen LogP) is 16.9. The van der Waals surface area contributed by atoms with Gasteiger partial charge in [0, 0.05) is 19.3 Å². The van der Waals surface area contributed by atoms with Gasteiger partial charge in [0.25, 0.3) is 0 Å². The summed E-state index contributed by atoms with van der Waals surface area (Å²) in [6.07, 6.45) is 56.9. The standard InChI is InChI=1S/C54H98O6/c1-4-7-10-13-16-19-22-25-27-28-30-32-35-38-41-44-47-53(56)59-50-51(49-58-52(55)46-43-40-37-34-31-24-21-18-15-12-9-6-3)60-54(57)48-45-42-39-36-33-29-26-23-20-17-14-11-8-5-2/h14,17,23,26-28,51H,4-13,15-16,18-22,24-25,29-50H2,1-3H3/b17-14-,26-23-,28-27-. The van der Waals surface area contributed by atoms with Gasteiger partial charge in [0.15, 0.2) is 6.10 Å². The minimum absolute atomic E-state index is 0.0777. The second-order valence-corrected chi connectivity index (χ2v) is 17.4. The molecule has 0 rings (SSSR count). The van der Waals surface area contributed by atoms with Gasteiger partial charge in [-0.3, -0.25) is 14.4 Å². The Morgan fingerprint density at radius 3 is 0.983 bits per heavy atom. The average Bonchev–Trinajstić information content (AvgIpc) is 3.24. The van der Waals surface area contributed by atoms with Crippen molar-refractivity contribution in [2.75, 3.05) is 13.2 Å². The number of unbranched alkanes of at least 4 members (excludes halogenated alkanes) is 30. The lowest BCUT2D eigenvalue weighted by atomic mass is 10.0. The lowest BCUT2D eigenvalue weighted by Gasteiger charge is -2.18. The highest BCUT2D eigenvalue weighted by atomic mass is 16.6. The van der Waals surface area contributed by atoms with E-state index in [1.807, 2.05) is 0 Å². The molecule has 0 aromatic heterocycles. The summed E-state index contributed by atoms with van der Waals surface area (Å²) in [6.45, 7) is 6.59. The summed E-state index contributed by atoms with van der Waals surface area (Å²) < 4.78 is 16.8. The molecule has 0 amide bonds. The van der Waals surface area contributed by atoms with E-state index in [1.165, 1.54) is 141 Å². The fraction of sp³-hybridized carbons (Fsp3) is 0.833. The van der Waals surface area contributed by atoms with Crippen molar-refractivity contribution in [1.82, 2.24) is 0 Å². The Kier molecular flexibility index (Phi) is 47.3. The Labute approximate surface area is 372 Å². The van der Waals surface area contributed by atoms with Crippen LogP contribution < -0.4 is 0 Å². The van der Waals surface area contributed by atoms with Crippen LogP contribution in [0.25, 0.3) is 0 Å². The SMILES string of the molecule is CCCC/C=C\C/C=C\CCCCCCCC(=O)OC(COC(=O)CCCCCCC/C=C\CCCCCCCCC)COC(=O)CCCCCCCCCCCCCC. The molecule has 0 heterocycles. The van der Waals surface area contributed by atoms with E-state index in [0.29, 0.717) is 19.3 Å². The molecule has 6 heteroatoms. The van der Waals surface area contributed by atoms with Gasteiger partial charge in [0.1, 0.15) is 13.2 Å². The van der Waals surface area contributed by atoms with Crippen LogP contribution in [-0.4, -0.2) is 37.2 Å². The molecular weight excluding hydrogens is 745 g/mol. The van der Waals surface area contributed by atoms with Crippen LogP contribution in [0.4, 0.5) is 0 Å². The minimum atomic E-state index is -0.778. The first kappa shape index (κ1) is 57.6. The van der Waals surface area contributed by atoms with Gasteiger partial charge in [0.2, 0.25) is 0 Å². The van der Waals surface area contributed by atoms with Crippen molar-refractivity contribution in [3.8, 4) is 0 Å². The summed E-state index contributed by atoms with van der Waals surface area (Å²) in [7, 11) is 0. The number of hydrogen-bond donors (Lipinski definition) is 0. The third-order valence-corrected chi connectivity index (χ3v) is 11.4. The maximum absolute atomic E-state index is 12.8. The first-order chi connectivity index (χ1) is 29.5. The van der Waals surface area contributed by atoms with Gasteiger partial charge < -0.3 is 14.2 Å². The minimum Gasteiger partial charge on any atom is -0.462 e. The zero-order valence-electron chi connectivity index (χ0n) is 40.0. The Balaban J connectivity index is 4.38. The summed E-state index contributed by atoms with van der Waals surface area (Å²) in [6, 6.07) is 0. The Hall–Kier alpha value is -2.37. The molecule has 0 N–H and O–H groups in total. The van der Waals surface area contributed by atoms with Gasteiger partial charge in [-0.15, -0.1) is 0 Å². The third-order valence-electron chi connectivity index (χ3n) is 11.4. The smallest absolute Gasteiger partial charge is 0.306 e. The Morgan fingerprint density at radius 1 is 0.333 bits per heavy atom. The van der Waals surface area contributed by atoms with E-state index in [4.69, 9.17) is 14.2 Å². The molecule has 0 bridgehead atoms. The van der Waals surface area contributed by atoms with E-state index >= 15 is 0 Å². The van der Waals surface area contributed by atoms with Gasteiger partial charge in [0.05, 0.1) is 0 Å². The molecule has 0 spiro atoms. The van der Waals surface area contributed by atoms with Crippen molar-refractivity contribution >= 4 is 17.9 Å². The second-order valence-electron chi connectivity index (χ2n) is 17.4. The summed E-state index contributed by atoms with van der Waals surface area (Å²) in [5, 5.41) is 0. The third kappa shape index (κ3) is 46.7. The molecule has 0 aliphatic carbocycles. The zero-order chi connectivity index (χ0) is 43.7. The van der Waals surface area contributed by atoms with Crippen LogP contribution in [0.2, 0.25) is 0 Å². The van der Waals surface area contributed by atoms with E-state index in [1.54, 1.807) is 0 Å². The Bertz CT molecular complexity index is 1020. The lowest BCUT2D eigenvalue weighted by molar-refractivity contribution is -0.167. The number of ether oxygens (including phenoxy) is 3. The number of rotatable bonds is 47. The highest BCUT2D eigenvalue weighted by molar-refractivity contribution is 5.71. The molecular formula is C54H98O6. The van der Waals surface area contributed by atoms with E-state index in [0.717, 1.165) is 89.9 Å². The zero-order valence-corrected chi connectivity index (χ0v) is 40.0. The quantitative estimate of drug-likeness (QED) is 0.0263. The first-order valence-electron chi connectivity index (χ1n) is 26.0. The van der Waals surface area contributed by atoms with Crippen LogP contribution in [0.3, 0.4) is 0 Å². The number of hydrogen-bond acceptors (Lipinski definition) is 6. The van der Waals surface area contributed by atoms with Crippen LogP contribution in [0, 0.1) is 0 Å². The average molecular weight is 843 g/mol. The van der Waals surface area contributed by atoms with Gasteiger partial charge in [-0.2, -0.15) is 0 Å². The monoisotopic (exact) mass is 843 g/mol. The van der Waals surface area contributed by atoms with Gasteiger partial charge in [-0.1, -0.05) is 218 Å². The largest absolute Gasteiger partial charge is 0.462 e. The van der Waals surface area contributed by atoms with E-state index in [2.05, 4.69) is 57.2 Å². The molecule has 1 atom stereocenters. The van der Waals surface area contributed by atoms with Crippen molar-refractivity contribution < 1.29 is 28.6 Å². The lowest BCUT2D eigenvalue weighted by Crippen LogP contribution is -2.30.